The number of ether oxygens (including phenoxy) is 1. The van der Waals surface area contributed by atoms with E-state index >= 15 is 0 Å². The highest BCUT2D eigenvalue weighted by Gasteiger charge is 2.14. The molecule has 0 atom stereocenters. The number of benzene rings is 1. The lowest BCUT2D eigenvalue weighted by Gasteiger charge is -2.29. The van der Waals surface area contributed by atoms with E-state index in [0.717, 1.165) is 30.6 Å². The van der Waals surface area contributed by atoms with Gasteiger partial charge in [0.25, 0.3) is 0 Å². The molecule has 1 aromatic rings. The van der Waals surface area contributed by atoms with Gasteiger partial charge in [-0.05, 0) is 18.2 Å². The number of terminal acetylenes is 1. The van der Waals surface area contributed by atoms with Crippen LogP contribution in [0, 0.1) is 12.3 Å². The Bertz CT molecular complexity index is 428. The molecule has 1 heterocycles. The Morgan fingerprint density at radius 3 is 2.75 bits per heavy atom. The Hall–Kier alpha value is -1.79. The monoisotopic (exact) mass is 215 g/mol. The van der Waals surface area contributed by atoms with Crippen LogP contribution in [-0.4, -0.2) is 32.6 Å². The van der Waals surface area contributed by atoms with Gasteiger partial charge in [0.2, 0.25) is 0 Å². The molecule has 0 spiro atoms. The van der Waals surface area contributed by atoms with Crippen LogP contribution in [0.2, 0.25) is 0 Å². The lowest BCUT2D eigenvalue weighted by Crippen LogP contribution is -2.36. The van der Waals surface area contributed by atoms with Crippen LogP contribution in [0.3, 0.4) is 0 Å². The molecule has 3 nitrogen and oxygen atoms in total. The number of carbonyl (C=O) groups is 1. The largest absolute Gasteiger partial charge is 0.378 e. The van der Waals surface area contributed by atoms with E-state index in [1.165, 1.54) is 0 Å². The molecule has 1 aromatic carbocycles. The Labute approximate surface area is 95.0 Å². The summed E-state index contributed by atoms with van der Waals surface area (Å²) in [6, 6.07) is 5.51. The van der Waals surface area contributed by atoms with Crippen LogP contribution in [0.4, 0.5) is 5.69 Å². The Balaban J connectivity index is 2.32. The molecule has 0 N–H and O–H groups in total. The number of aldehydes is 1. The highest BCUT2D eigenvalue weighted by Crippen LogP contribution is 2.21. The summed E-state index contributed by atoms with van der Waals surface area (Å²) >= 11 is 0. The van der Waals surface area contributed by atoms with Gasteiger partial charge in [-0.3, -0.25) is 4.79 Å². The first-order valence-electron chi connectivity index (χ1n) is 5.23. The van der Waals surface area contributed by atoms with Gasteiger partial charge in [0.15, 0.2) is 6.29 Å². The standard InChI is InChI=1S/C13H13NO2/c1-2-11-3-4-13(12(9-11)10-15)14-5-7-16-8-6-14/h1,3-4,9-10H,5-8H2. The molecule has 0 unspecified atom stereocenters. The Kier molecular flexibility index (Phi) is 3.23. The van der Waals surface area contributed by atoms with Crippen molar-refractivity contribution in [2.45, 2.75) is 0 Å². The maximum absolute atomic E-state index is 11.0. The summed E-state index contributed by atoms with van der Waals surface area (Å²) in [6.45, 7) is 3.04. The average molecular weight is 215 g/mol. The normalized spacial score (nSPS) is 15.6. The number of carbonyl (C=O) groups excluding carboxylic acids is 1. The zero-order valence-electron chi connectivity index (χ0n) is 8.98. The first-order valence-corrected chi connectivity index (χ1v) is 5.23. The second kappa shape index (κ2) is 4.82. The topological polar surface area (TPSA) is 29.5 Å². The predicted octanol–water partition coefficient (Wildman–Crippen LogP) is 1.32. The fourth-order valence-electron chi connectivity index (χ4n) is 1.83. The van der Waals surface area contributed by atoms with Crippen molar-refractivity contribution in [2.24, 2.45) is 0 Å². The van der Waals surface area contributed by atoms with Gasteiger partial charge in [-0.1, -0.05) is 5.92 Å². The van der Waals surface area contributed by atoms with Crippen LogP contribution < -0.4 is 4.90 Å². The van der Waals surface area contributed by atoms with Crippen LogP contribution in [0.15, 0.2) is 18.2 Å². The zero-order valence-corrected chi connectivity index (χ0v) is 8.98. The maximum atomic E-state index is 11.0. The van der Waals surface area contributed by atoms with Crippen molar-refractivity contribution in [3.63, 3.8) is 0 Å². The van der Waals surface area contributed by atoms with E-state index in [-0.39, 0.29) is 0 Å². The van der Waals surface area contributed by atoms with E-state index in [0.29, 0.717) is 18.8 Å². The van der Waals surface area contributed by atoms with Crippen LogP contribution in [0.1, 0.15) is 15.9 Å². The van der Waals surface area contributed by atoms with Crippen molar-refractivity contribution in [3.8, 4) is 12.3 Å². The van der Waals surface area contributed by atoms with E-state index in [9.17, 15) is 4.79 Å². The van der Waals surface area contributed by atoms with Crippen LogP contribution in [0.5, 0.6) is 0 Å². The molecule has 0 amide bonds. The molecule has 1 aliphatic rings. The number of hydrogen-bond acceptors (Lipinski definition) is 3. The van der Waals surface area contributed by atoms with Crippen molar-refractivity contribution in [2.75, 3.05) is 31.2 Å². The molecule has 1 aliphatic heterocycles. The molecule has 16 heavy (non-hydrogen) atoms. The third-order valence-corrected chi connectivity index (χ3v) is 2.67. The second-order valence-electron chi connectivity index (χ2n) is 3.64. The molecular weight excluding hydrogens is 202 g/mol. The molecule has 2 rings (SSSR count). The smallest absolute Gasteiger partial charge is 0.152 e. The van der Waals surface area contributed by atoms with Crippen LogP contribution in [0.25, 0.3) is 0 Å². The molecule has 1 fully saturated rings. The second-order valence-corrected chi connectivity index (χ2v) is 3.64. The molecule has 0 aliphatic carbocycles. The quantitative estimate of drug-likeness (QED) is 0.550. The number of hydrogen-bond donors (Lipinski definition) is 0. The van der Waals surface area contributed by atoms with Crippen LogP contribution >= 0.6 is 0 Å². The maximum Gasteiger partial charge on any atom is 0.152 e. The summed E-state index contributed by atoms with van der Waals surface area (Å²) in [7, 11) is 0. The number of nitrogens with zero attached hydrogens (tertiary/aromatic N) is 1. The fraction of sp³-hybridized carbons (Fsp3) is 0.308. The zero-order chi connectivity index (χ0) is 11.4. The minimum atomic E-state index is 0.650. The van der Waals surface area contributed by atoms with Gasteiger partial charge >= 0.3 is 0 Å². The third kappa shape index (κ3) is 2.07. The molecular formula is C13H13NO2. The molecule has 0 radical (unpaired) electrons. The van der Waals surface area contributed by atoms with Gasteiger partial charge in [-0.25, -0.2) is 0 Å². The van der Waals surface area contributed by atoms with E-state index in [1.807, 2.05) is 12.1 Å². The lowest BCUT2D eigenvalue weighted by atomic mass is 10.1. The predicted molar refractivity (Wildman–Crippen MR) is 62.8 cm³/mol. The van der Waals surface area contributed by atoms with E-state index in [2.05, 4.69) is 10.8 Å². The molecule has 1 saturated heterocycles. The summed E-state index contributed by atoms with van der Waals surface area (Å²) in [5, 5.41) is 0. The number of morpholine rings is 1. The van der Waals surface area contributed by atoms with Gasteiger partial charge in [0.05, 0.1) is 13.2 Å². The summed E-state index contributed by atoms with van der Waals surface area (Å²) < 4.78 is 5.28. The summed E-state index contributed by atoms with van der Waals surface area (Å²) in [5.41, 5.74) is 2.33. The minimum Gasteiger partial charge on any atom is -0.378 e. The Morgan fingerprint density at radius 1 is 1.38 bits per heavy atom. The van der Waals surface area contributed by atoms with Crippen molar-refractivity contribution in [3.05, 3.63) is 29.3 Å². The van der Waals surface area contributed by atoms with E-state index in [1.54, 1.807) is 6.07 Å². The number of rotatable bonds is 2. The number of anilines is 1. The van der Waals surface area contributed by atoms with Gasteiger partial charge in [0, 0.05) is 29.9 Å². The van der Waals surface area contributed by atoms with E-state index in [4.69, 9.17) is 11.2 Å². The molecule has 3 heteroatoms. The highest BCUT2D eigenvalue weighted by atomic mass is 16.5. The van der Waals surface area contributed by atoms with Gasteiger partial charge in [-0.15, -0.1) is 6.42 Å². The van der Waals surface area contributed by atoms with E-state index < -0.39 is 0 Å². The van der Waals surface area contributed by atoms with Crippen LogP contribution in [-0.2, 0) is 4.74 Å². The highest BCUT2D eigenvalue weighted by molar-refractivity contribution is 5.85. The first-order chi connectivity index (χ1) is 7.85. The molecule has 82 valence electrons. The van der Waals surface area contributed by atoms with Gasteiger partial charge in [-0.2, -0.15) is 0 Å². The average Bonchev–Trinajstić information content (AvgIpc) is 2.39. The van der Waals surface area contributed by atoms with Crippen molar-refractivity contribution in [1.29, 1.82) is 0 Å². The summed E-state index contributed by atoms with van der Waals surface area (Å²) in [4.78, 5) is 13.2. The molecule has 0 bridgehead atoms. The summed E-state index contributed by atoms with van der Waals surface area (Å²) in [6.07, 6.45) is 6.16. The van der Waals surface area contributed by atoms with Gasteiger partial charge < -0.3 is 9.64 Å². The van der Waals surface area contributed by atoms with Crippen molar-refractivity contribution >= 4 is 12.0 Å². The lowest BCUT2D eigenvalue weighted by molar-refractivity contribution is 0.111. The SMILES string of the molecule is C#Cc1ccc(N2CCOCC2)c(C=O)c1. The van der Waals surface area contributed by atoms with Crippen molar-refractivity contribution in [1.82, 2.24) is 0 Å². The first kappa shape index (κ1) is 10.7. The van der Waals surface area contributed by atoms with Gasteiger partial charge in [0.1, 0.15) is 0 Å². The third-order valence-electron chi connectivity index (χ3n) is 2.67. The Morgan fingerprint density at radius 2 is 2.12 bits per heavy atom. The van der Waals surface area contributed by atoms with Crippen molar-refractivity contribution < 1.29 is 9.53 Å². The molecule has 0 aromatic heterocycles. The summed E-state index contributed by atoms with van der Waals surface area (Å²) in [5.74, 6) is 2.53. The fourth-order valence-corrected chi connectivity index (χ4v) is 1.83. The molecule has 0 saturated carbocycles. The minimum absolute atomic E-state index is 0.650.